The lowest BCUT2D eigenvalue weighted by molar-refractivity contribution is 0.0953. The number of carbonyl (C=O) groups excluding carboxylic acids is 1. The van der Waals surface area contributed by atoms with Crippen molar-refractivity contribution in [2.45, 2.75) is 0 Å². The number of para-hydroxylation sites is 1. The van der Waals surface area contributed by atoms with E-state index in [2.05, 4.69) is 22.2 Å². The average molecular weight is 322 g/mol. The number of nitrogens with one attached hydrogen (secondary N) is 2. The molecule has 0 atom stereocenters. The van der Waals surface area contributed by atoms with Gasteiger partial charge < -0.3 is 10.6 Å². The van der Waals surface area contributed by atoms with Gasteiger partial charge in [0.2, 0.25) is 0 Å². The number of anilines is 2. The van der Waals surface area contributed by atoms with E-state index in [1.807, 2.05) is 0 Å². The molecule has 0 aliphatic heterocycles. The summed E-state index contributed by atoms with van der Waals surface area (Å²) in [6, 6.07) is 8.59. The molecule has 1 amide bonds. The highest BCUT2D eigenvalue weighted by Gasteiger charge is 2.08. The predicted molar refractivity (Wildman–Crippen MR) is 86.5 cm³/mol. The van der Waals surface area contributed by atoms with Gasteiger partial charge in [0.1, 0.15) is 5.69 Å². The number of benzene rings is 1. The van der Waals surface area contributed by atoms with Gasteiger partial charge in [0.05, 0.1) is 27.6 Å². The van der Waals surface area contributed by atoms with Crippen molar-refractivity contribution in [3.8, 4) is 0 Å². The van der Waals surface area contributed by atoms with Crippen LogP contribution in [-0.2, 0) is 0 Å². The molecule has 1 aromatic carbocycles. The molecule has 2 rings (SSSR count). The second kappa shape index (κ2) is 7.11. The van der Waals surface area contributed by atoms with Crippen molar-refractivity contribution in [2.75, 3.05) is 11.9 Å². The van der Waals surface area contributed by atoms with E-state index >= 15 is 0 Å². The summed E-state index contributed by atoms with van der Waals surface area (Å²) >= 11 is 12.2. The topological polar surface area (TPSA) is 54.0 Å². The van der Waals surface area contributed by atoms with Crippen LogP contribution in [0.15, 0.2) is 49.2 Å². The SMILES string of the molecule is C=CCNC(=O)c1ccc(Nc2c(Cl)cccc2Cl)cn1. The van der Waals surface area contributed by atoms with Crippen molar-refractivity contribution < 1.29 is 4.79 Å². The maximum absolute atomic E-state index is 11.7. The minimum absolute atomic E-state index is 0.253. The number of nitrogens with zero attached hydrogens (tertiary/aromatic N) is 1. The summed E-state index contributed by atoms with van der Waals surface area (Å²) in [7, 11) is 0. The lowest BCUT2D eigenvalue weighted by Crippen LogP contribution is -2.24. The highest BCUT2D eigenvalue weighted by molar-refractivity contribution is 6.39. The minimum Gasteiger partial charge on any atom is -0.352 e. The zero-order valence-corrected chi connectivity index (χ0v) is 12.6. The minimum atomic E-state index is -0.253. The van der Waals surface area contributed by atoms with E-state index in [4.69, 9.17) is 23.2 Å². The third-order valence-corrected chi connectivity index (χ3v) is 3.27. The zero-order valence-electron chi connectivity index (χ0n) is 11.1. The Morgan fingerprint density at radius 1 is 1.24 bits per heavy atom. The maximum Gasteiger partial charge on any atom is 0.270 e. The van der Waals surface area contributed by atoms with Gasteiger partial charge in [-0.1, -0.05) is 35.3 Å². The molecule has 0 radical (unpaired) electrons. The van der Waals surface area contributed by atoms with Crippen molar-refractivity contribution in [2.24, 2.45) is 0 Å². The fourth-order valence-corrected chi connectivity index (χ4v) is 2.11. The van der Waals surface area contributed by atoms with Gasteiger partial charge in [0.25, 0.3) is 5.91 Å². The van der Waals surface area contributed by atoms with Crippen molar-refractivity contribution in [1.82, 2.24) is 10.3 Å². The first-order chi connectivity index (χ1) is 10.1. The molecule has 0 saturated heterocycles. The van der Waals surface area contributed by atoms with Crippen LogP contribution >= 0.6 is 23.2 Å². The van der Waals surface area contributed by atoms with Crippen molar-refractivity contribution in [3.63, 3.8) is 0 Å². The van der Waals surface area contributed by atoms with Gasteiger partial charge in [0, 0.05) is 6.54 Å². The van der Waals surface area contributed by atoms with E-state index in [0.717, 1.165) is 0 Å². The highest BCUT2D eigenvalue weighted by Crippen LogP contribution is 2.32. The number of halogens is 2. The molecule has 108 valence electrons. The van der Waals surface area contributed by atoms with E-state index in [1.165, 1.54) is 0 Å². The van der Waals surface area contributed by atoms with Gasteiger partial charge in [-0.2, -0.15) is 0 Å². The fraction of sp³-hybridized carbons (Fsp3) is 0.0667. The Kier molecular flexibility index (Phi) is 5.20. The number of amides is 1. The molecule has 6 heteroatoms. The van der Waals surface area contributed by atoms with E-state index in [9.17, 15) is 4.79 Å². The molecular formula is C15H13Cl2N3O. The molecule has 0 saturated carbocycles. The summed E-state index contributed by atoms with van der Waals surface area (Å²) in [4.78, 5) is 15.8. The first kappa shape index (κ1) is 15.4. The Morgan fingerprint density at radius 3 is 2.52 bits per heavy atom. The molecule has 0 bridgehead atoms. The van der Waals surface area contributed by atoms with Crippen LogP contribution in [0, 0.1) is 0 Å². The molecule has 4 nitrogen and oxygen atoms in total. The number of hydrogen-bond acceptors (Lipinski definition) is 3. The third kappa shape index (κ3) is 3.97. The summed E-state index contributed by atoms with van der Waals surface area (Å²) in [6.45, 7) is 3.93. The molecule has 2 aromatic rings. The lowest BCUT2D eigenvalue weighted by Gasteiger charge is -2.10. The normalized spacial score (nSPS) is 10.0. The van der Waals surface area contributed by atoms with Crippen molar-refractivity contribution in [3.05, 3.63) is 64.9 Å². The number of carbonyl (C=O) groups is 1. The molecule has 0 spiro atoms. The Morgan fingerprint density at radius 2 is 1.95 bits per heavy atom. The highest BCUT2D eigenvalue weighted by atomic mass is 35.5. The van der Waals surface area contributed by atoms with Crippen LogP contribution in [0.1, 0.15) is 10.5 Å². The molecule has 2 N–H and O–H groups in total. The summed E-state index contributed by atoms with van der Waals surface area (Å²) in [5.41, 5.74) is 1.62. The van der Waals surface area contributed by atoms with Crippen molar-refractivity contribution in [1.29, 1.82) is 0 Å². The van der Waals surface area contributed by atoms with Crippen LogP contribution in [0.3, 0.4) is 0 Å². The molecule has 0 aliphatic carbocycles. The first-order valence-electron chi connectivity index (χ1n) is 6.18. The number of rotatable bonds is 5. The molecule has 1 heterocycles. The molecule has 0 aliphatic rings. The van der Waals surface area contributed by atoms with Crippen LogP contribution in [-0.4, -0.2) is 17.4 Å². The van der Waals surface area contributed by atoms with E-state index in [1.54, 1.807) is 42.6 Å². The van der Waals surface area contributed by atoms with Gasteiger partial charge in [-0.15, -0.1) is 6.58 Å². The first-order valence-corrected chi connectivity index (χ1v) is 6.93. The summed E-state index contributed by atoms with van der Waals surface area (Å²) in [5.74, 6) is -0.253. The lowest BCUT2D eigenvalue weighted by atomic mass is 10.2. The number of pyridine rings is 1. The van der Waals surface area contributed by atoms with Crippen LogP contribution in [0.4, 0.5) is 11.4 Å². The fourth-order valence-electron chi connectivity index (χ4n) is 1.62. The predicted octanol–water partition coefficient (Wildman–Crippen LogP) is 4.05. The quantitative estimate of drug-likeness (QED) is 0.817. The van der Waals surface area contributed by atoms with Gasteiger partial charge >= 0.3 is 0 Å². The largest absolute Gasteiger partial charge is 0.352 e. The monoisotopic (exact) mass is 321 g/mol. The van der Waals surface area contributed by atoms with E-state index < -0.39 is 0 Å². The Hall–Kier alpha value is -2.04. The van der Waals surface area contributed by atoms with Crippen LogP contribution in [0.25, 0.3) is 0 Å². The van der Waals surface area contributed by atoms with Crippen LogP contribution in [0.5, 0.6) is 0 Å². The molecule has 21 heavy (non-hydrogen) atoms. The second-order valence-electron chi connectivity index (χ2n) is 4.15. The summed E-state index contributed by atoms with van der Waals surface area (Å²) in [6.07, 6.45) is 3.15. The molecular weight excluding hydrogens is 309 g/mol. The van der Waals surface area contributed by atoms with Gasteiger partial charge in [-0.25, -0.2) is 4.98 Å². The number of hydrogen-bond donors (Lipinski definition) is 2. The standard InChI is InChI=1S/C15H13Cl2N3O/c1-2-8-18-15(21)13-7-6-10(9-19-13)20-14-11(16)4-3-5-12(14)17/h2-7,9,20H,1,8H2,(H,18,21). The van der Waals surface area contributed by atoms with E-state index in [-0.39, 0.29) is 5.91 Å². The van der Waals surface area contributed by atoms with Crippen LogP contribution in [0.2, 0.25) is 10.0 Å². The van der Waals surface area contributed by atoms with Gasteiger partial charge in [-0.3, -0.25) is 4.79 Å². The van der Waals surface area contributed by atoms with Crippen LogP contribution < -0.4 is 10.6 Å². The summed E-state index contributed by atoms with van der Waals surface area (Å²) in [5, 5.41) is 6.75. The van der Waals surface area contributed by atoms with E-state index in [0.29, 0.717) is 33.7 Å². The third-order valence-electron chi connectivity index (χ3n) is 2.64. The van der Waals surface area contributed by atoms with Gasteiger partial charge in [0.15, 0.2) is 0 Å². The summed E-state index contributed by atoms with van der Waals surface area (Å²) < 4.78 is 0. The number of aromatic nitrogens is 1. The molecule has 0 fully saturated rings. The second-order valence-corrected chi connectivity index (χ2v) is 4.97. The van der Waals surface area contributed by atoms with Crippen molar-refractivity contribution >= 4 is 40.5 Å². The van der Waals surface area contributed by atoms with Gasteiger partial charge in [-0.05, 0) is 24.3 Å². The molecule has 1 aromatic heterocycles. The average Bonchev–Trinajstić information content (AvgIpc) is 2.49. The Bertz CT molecular complexity index is 636. The smallest absolute Gasteiger partial charge is 0.270 e. The maximum atomic E-state index is 11.7. The zero-order chi connectivity index (χ0) is 15.2. The molecule has 0 unspecified atom stereocenters. The Balaban J connectivity index is 2.12. The Labute approximate surface area is 132 Å².